The minimum Gasteiger partial charge on any atom is -0.463 e. The third-order valence-corrected chi connectivity index (χ3v) is 4.89. The molecule has 26 heavy (non-hydrogen) atoms. The van der Waals surface area contributed by atoms with Crippen LogP contribution >= 0.6 is 0 Å². The molecule has 1 atom stereocenters. The summed E-state index contributed by atoms with van der Waals surface area (Å²) < 4.78 is 5.20. The molecule has 0 radical (unpaired) electrons. The van der Waals surface area contributed by atoms with E-state index in [0.29, 0.717) is 22.4 Å². The second-order valence-electron chi connectivity index (χ2n) is 6.67. The number of urea groups is 1. The maximum absolute atomic E-state index is 12.6. The van der Waals surface area contributed by atoms with Gasteiger partial charge in [-0.15, -0.1) is 0 Å². The predicted molar refractivity (Wildman–Crippen MR) is 96.7 cm³/mol. The molecule has 0 aliphatic carbocycles. The Morgan fingerprint density at radius 3 is 2.77 bits per heavy atom. The Morgan fingerprint density at radius 1 is 1.31 bits per heavy atom. The van der Waals surface area contributed by atoms with Gasteiger partial charge in [0.1, 0.15) is 0 Å². The number of carbonyl (C=O) groups excluding carboxylic acids is 3. The Balaban J connectivity index is 2.09. The summed E-state index contributed by atoms with van der Waals surface area (Å²) in [6, 6.07) is 4.82. The molecule has 1 N–H and O–H groups in total. The second-order valence-corrected chi connectivity index (χ2v) is 6.67. The highest BCUT2D eigenvalue weighted by Crippen LogP contribution is 2.39. The van der Waals surface area contributed by atoms with Crippen LogP contribution in [0.5, 0.6) is 0 Å². The quantitative estimate of drug-likeness (QED) is 0.823. The lowest BCUT2D eigenvalue weighted by Gasteiger charge is -2.41. The topological polar surface area (TPSA) is 75.7 Å². The number of hydrogen-bond donors (Lipinski definition) is 1. The molecule has 1 aromatic carbocycles. The molecule has 0 saturated heterocycles. The van der Waals surface area contributed by atoms with Gasteiger partial charge in [0.2, 0.25) is 0 Å². The molecule has 6 heteroatoms. The second kappa shape index (κ2) is 7.32. The maximum Gasteiger partial charge on any atom is 0.338 e. The minimum atomic E-state index is -0.587. The summed E-state index contributed by atoms with van der Waals surface area (Å²) in [5.74, 6) is -0.567. The van der Waals surface area contributed by atoms with Crippen LogP contribution in [0.3, 0.4) is 0 Å². The van der Waals surface area contributed by atoms with E-state index < -0.39 is 12.0 Å². The first-order chi connectivity index (χ1) is 12.5. The van der Waals surface area contributed by atoms with E-state index >= 15 is 0 Å². The maximum atomic E-state index is 12.6. The number of ether oxygens (including phenoxy) is 1. The number of fused-ring (bicyclic) bond motifs is 3. The summed E-state index contributed by atoms with van der Waals surface area (Å²) >= 11 is 0. The standard InChI is InChI=1S/C20H24N2O4/c1-4-6-7-13-8-9-14-15(10-13)16(23)11-22-18(14)17(19(24)26-5-2)12(3)21-20(22)25/h8-10,18H,4-7,11H2,1-3H3,(H,21,25). The molecule has 0 fully saturated rings. The first-order valence-corrected chi connectivity index (χ1v) is 9.09. The molecule has 3 rings (SSSR count). The molecule has 2 amide bonds. The average Bonchev–Trinajstić information content (AvgIpc) is 2.61. The average molecular weight is 356 g/mol. The number of aryl methyl sites for hydroxylation is 1. The zero-order chi connectivity index (χ0) is 18.8. The van der Waals surface area contributed by atoms with Gasteiger partial charge in [-0.2, -0.15) is 0 Å². The molecule has 0 spiro atoms. The van der Waals surface area contributed by atoms with Crippen LogP contribution in [-0.4, -0.2) is 35.8 Å². The molecule has 1 aromatic rings. The van der Waals surface area contributed by atoms with E-state index in [1.54, 1.807) is 13.8 Å². The van der Waals surface area contributed by atoms with Crippen molar-refractivity contribution in [1.29, 1.82) is 0 Å². The van der Waals surface area contributed by atoms with Crippen LogP contribution in [0.2, 0.25) is 0 Å². The molecule has 2 aliphatic rings. The fourth-order valence-corrected chi connectivity index (χ4v) is 3.60. The van der Waals surface area contributed by atoms with Crippen LogP contribution < -0.4 is 5.32 Å². The fourth-order valence-electron chi connectivity index (χ4n) is 3.60. The van der Waals surface area contributed by atoms with Crippen molar-refractivity contribution in [3.63, 3.8) is 0 Å². The Bertz CT molecular complexity index is 797. The van der Waals surface area contributed by atoms with Gasteiger partial charge in [0.25, 0.3) is 0 Å². The third-order valence-electron chi connectivity index (χ3n) is 4.89. The van der Waals surface area contributed by atoms with E-state index in [2.05, 4.69) is 12.2 Å². The van der Waals surface area contributed by atoms with E-state index in [4.69, 9.17) is 4.74 Å². The molecule has 2 heterocycles. The van der Waals surface area contributed by atoms with Crippen LogP contribution in [0, 0.1) is 0 Å². The van der Waals surface area contributed by atoms with Crippen molar-refractivity contribution in [3.05, 3.63) is 46.2 Å². The Kier molecular flexibility index (Phi) is 5.11. The van der Waals surface area contributed by atoms with E-state index in [1.807, 2.05) is 18.2 Å². The van der Waals surface area contributed by atoms with Gasteiger partial charge in [0.05, 0.1) is 24.8 Å². The number of rotatable bonds is 5. The number of unbranched alkanes of at least 4 members (excludes halogenated alkanes) is 1. The smallest absolute Gasteiger partial charge is 0.338 e. The summed E-state index contributed by atoms with van der Waals surface area (Å²) in [5, 5.41) is 2.67. The van der Waals surface area contributed by atoms with Crippen LogP contribution in [0.25, 0.3) is 0 Å². The van der Waals surface area contributed by atoms with Crippen molar-refractivity contribution < 1.29 is 19.1 Å². The van der Waals surface area contributed by atoms with E-state index in [9.17, 15) is 14.4 Å². The number of hydrogen-bond acceptors (Lipinski definition) is 4. The Hall–Kier alpha value is -2.63. The number of carbonyl (C=O) groups is 3. The lowest BCUT2D eigenvalue weighted by Crippen LogP contribution is -2.52. The number of ketones is 1. The van der Waals surface area contributed by atoms with Crippen LogP contribution in [0.4, 0.5) is 4.79 Å². The monoisotopic (exact) mass is 356 g/mol. The molecule has 1 unspecified atom stereocenters. The SMILES string of the molecule is CCCCc1ccc2c(c1)C(=O)CN1C(=O)NC(C)=C(C(=O)OCC)C21. The number of allylic oxidation sites excluding steroid dienone is 1. The Morgan fingerprint density at radius 2 is 2.08 bits per heavy atom. The fraction of sp³-hybridized carbons (Fsp3) is 0.450. The molecule has 0 bridgehead atoms. The van der Waals surface area contributed by atoms with Crippen molar-refractivity contribution in [3.8, 4) is 0 Å². The van der Waals surface area contributed by atoms with Crippen molar-refractivity contribution in [1.82, 2.24) is 10.2 Å². The van der Waals surface area contributed by atoms with Gasteiger partial charge in [-0.1, -0.05) is 25.5 Å². The van der Waals surface area contributed by atoms with Crippen LogP contribution in [0.15, 0.2) is 29.5 Å². The highest BCUT2D eigenvalue weighted by molar-refractivity contribution is 6.05. The number of amides is 2. The van der Waals surface area contributed by atoms with Crippen molar-refractivity contribution in [2.24, 2.45) is 0 Å². The van der Waals surface area contributed by atoms with Crippen molar-refractivity contribution in [2.45, 2.75) is 46.1 Å². The molecule has 0 aromatic heterocycles. The summed E-state index contributed by atoms with van der Waals surface area (Å²) in [7, 11) is 0. The number of nitrogens with zero attached hydrogens (tertiary/aromatic N) is 1. The van der Waals surface area contributed by atoms with Gasteiger partial charge in [-0.25, -0.2) is 9.59 Å². The lowest BCUT2D eigenvalue weighted by atomic mass is 9.84. The van der Waals surface area contributed by atoms with Crippen molar-refractivity contribution in [2.75, 3.05) is 13.2 Å². The van der Waals surface area contributed by atoms with Crippen LogP contribution in [-0.2, 0) is 16.0 Å². The zero-order valence-electron chi connectivity index (χ0n) is 15.4. The highest BCUT2D eigenvalue weighted by atomic mass is 16.5. The molecule has 2 aliphatic heterocycles. The first kappa shape index (κ1) is 18.2. The van der Waals surface area contributed by atoms with E-state index in [-0.39, 0.29) is 25.0 Å². The molecular weight excluding hydrogens is 332 g/mol. The Labute approximate surface area is 153 Å². The third kappa shape index (κ3) is 3.11. The number of esters is 1. The summed E-state index contributed by atoms with van der Waals surface area (Å²) in [4.78, 5) is 39.0. The van der Waals surface area contributed by atoms with Gasteiger partial charge in [-0.05, 0) is 43.9 Å². The van der Waals surface area contributed by atoms with Gasteiger partial charge < -0.3 is 15.0 Å². The number of nitrogens with one attached hydrogen (secondary N) is 1. The molecule has 6 nitrogen and oxygen atoms in total. The molecule has 138 valence electrons. The van der Waals surface area contributed by atoms with Gasteiger partial charge in [0.15, 0.2) is 5.78 Å². The lowest BCUT2D eigenvalue weighted by molar-refractivity contribution is -0.139. The number of Topliss-reactive ketones (excluding diaryl/α,β-unsaturated/α-hetero) is 1. The summed E-state index contributed by atoms with van der Waals surface area (Å²) in [6.07, 6.45) is 3.04. The first-order valence-electron chi connectivity index (χ1n) is 9.09. The van der Waals surface area contributed by atoms with Gasteiger partial charge in [-0.3, -0.25) is 4.79 Å². The van der Waals surface area contributed by atoms with E-state index in [1.165, 1.54) is 4.90 Å². The summed E-state index contributed by atoms with van der Waals surface area (Å²) in [5.41, 5.74) is 3.26. The minimum absolute atomic E-state index is 0.0447. The highest BCUT2D eigenvalue weighted by Gasteiger charge is 2.43. The predicted octanol–water partition coefficient (Wildman–Crippen LogP) is 3.13. The van der Waals surface area contributed by atoms with Crippen LogP contribution in [0.1, 0.15) is 61.1 Å². The largest absolute Gasteiger partial charge is 0.463 e. The van der Waals surface area contributed by atoms with Gasteiger partial charge >= 0.3 is 12.0 Å². The zero-order valence-corrected chi connectivity index (χ0v) is 15.4. The normalized spacial score (nSPS) is 19.0. The molecule has 0 saturated carbocycles. The number of benzene rings is 1. The van der Waals surface area contributed by atoms with Crippen molar-refractivity contribution >= 4 is 17.8 Å². The van der Waals surface area contributed by atoms with E-state index in [0.717, 1.165) is 24.8 Å². The molecular formula is C20H24N2O4. The van der Waals surface area contributed by atoms with Gasteiger partial charge in [0, 0.05) is 11.3 Å². The summed E-state index contributed by atoms with van der Waals surface area (Å²) in [6.45, 7) is 5.76.